The molecule has 0 aliphatic carbocycles. The van der Waals surface area contributed by atoms with E-state index >= 15 is 0 Å². The lowest BCUT2D eigenvalue weighted by Gasteiger charge is -2.24. The third kappa shape index (κ3) is 4.33. The summed E-state index contributed by atoms with van der Waals surface area (Å²) in [5.41, 5.74) is 0.992. The van der Waals surface area contributed by atoms with Crippen molar-refractivity contribution in [2.24, 2.45) is 0 Å². The first-order valence-corrected chi connectivity index (χ1v) is 9.09. The van der Waals surface area contributed by atoms with Crippen LogP contribution in [0.25, 0.3) is 0 Å². The van der Waals surface area contributed by atoms with Crippen molar-refractivity contribution in [2.75, 3.05) is 32.8 Å². The highest BCUT2D eigenvalue weighted by molar-refractivity contribution is 5.90. The fraction of sp³-hybridized carbons (Fsp3) is 0.526. The molecule has 0 bridgehead atoms. The van der Waals surface area contributed by atoms with Gasteiger partial charge in [0.05, 0.1) is 0 Å². The van der Waals surface area contributed by atoms with E-state index in [1.807, 2.05) is 31.2 Å². The molecule has 2 aliphatic heterocycles. The number of benzene rings is 1. The first-order chi connectivity index (χ1) is 12.5. The van der Waals surface area contributed by atoms with Gasteiger partial charge in [0.25, 0.3) is 5.91 Å². The Morgan fingerprint density at radius 3 is 2.62 bits per heavy atom. The average Bonchev–Trinajstić information content (AvgIpc) is 2.92. The van der Waals surface area contributed by atoms with Crippen molar-refractivity contribution in [3.63, 3.8) is 0 Å². The molecule has 1 N–H and O–H groups in total. The maximum absolute atomic E-state index is 12.5. The molecule has 0 spiro atoms. The lowest BCUT2D eigenvalue weighted by Crippen LogP contribution is -2.46. The normalized spacial score (nSPS) is 20.5. The molecular weight excluding hydrogens is 334 g/mol. The molecule has 0 saturated carbocycles. The molecule has 1 atom stereocenters. The van der Waals surface area contributed by atoms with Crippen LogP contribution in [-0.4, -0.2) is 66.3 Å². The Morgan fingerprint density at radius 2 is 1.88 bits per heavy atom. The van der Waals surface area contributed by atoms with Crippen LogP contribution in [0.15, 0.2) is 24.3 Å². The molecule has 3 amide bonds. The Morgan fingerprint density at radius 1 is 1.15 bits per heavy atom. The van der Waals surface area contributed by atoms with E-state index in [1.54, 1.807) is 9.80 Å². The zero-order chi connectivity index (χ0) is 18.5. The first kappa shape index (κ1) is 18.2. The summed E-state index contributed by atoms with van der Waals surface area (Å²) >= 11 is 0. The minimum absolute atomic E-state index is 0.00250. The van der Waals surface area contributed by atoms with Gasteiger partial charge in [0.15, 0.2) is 6.61 Å². The van der Waals surface area contributed by atoms with Crippen LogP contribution < -0.4 is 10.1 Å². The monoisotopic (exact) mass is 359 g/mol. The minimum atomic E-state index is -0.408. The zero-order valence-corrected chi connectivity index (χ0v) is 15.1. The van der Waals surface area contributed by atoms with Crippen LogP contribution in [0.5, 0.6) is 5.75 Å². The lowest BCUT2D eigenvalue weighted by molar-refractivity contribution is -0.136. The maximum atomic E-state index is 12.5. The molecule has 7 heteroatoms. The molecule has 140 valence electrons. The van der Waals surface area contributed by atoms with E-state index in [-0.39, 0.29) is 24.3 Å². The number of hydrogen-bond acceptors (Lipinski definition) is 4. The number of amides is 3. The van der Waals surface area contributed by atoms with Crippen molar-refractivity contribution in [3.05, 3.63) is 29.8 Å². The van der Waals surface area contributed by atoms with Gasteiger partial charge in [-0.15, -0.1) is 0 Å². The van der Waals surface area contributed by atoms with E-state index in [9.17, 15) is 14.4 Å². The van der Waals surface area contributed by atoms with Gasteiger partial charge in [-0.3, -0.25) is 14.4 Å². The van der Waals surface area contributed by atoms with Crippen LogP contribution in [-0.2, 0) is 14.4 Å². The molecular formula is C19H25N3O4. The SMILES string of the molecule is Cc1ccccc1OCC(=O)N1CCCN(C(=O)C2CCC(=O)N2)CC1. The number of carbonyl (C=O) groups is 3. The predicted molar refractivity (Wildman–Crippen MR) is 95.6 cm³/mol. The van der Waals surface area contributed by atoms with E-state index in [4.69, 9.17) is 4.74 Å². The highest BCUT2D eigenvalue weighted by Gasteiger charge is 2.32. The summed E-state index contributed by atoms with van der Waals surface area (Å²) in [5, 5.41) is 2.72. The van der Waals surface area contributed by atoms with Gasteiger partial charge < -0.3 is 19.9 Å². The molecule has 7 nitrogen and oxygen atoms in total. The van der Waals surface area contributed by atoms with E-state index in [0.717, 1.165) is 12.0 Å². The summed E-state index contributed by atoms with van der Waals surface area (Å²) in [5.74, 6) is 0.533. The molecule has 1 unspecified atom stereocenters. The average molecular weight is 359 g/mol. The fourth-order valence-electron chi connectivity index (χ4n) is 3.36. The van der Waals surface area contributed by atoms with Crippen molar-refractivity contribution in [2.45, 2.75) is 32.2 Å². The van der Waals surface area contributed by atoms with E-state index in [0.29, 0.717) is 44.8 Å². The van der Waals surface area contributed by atoms with Gasteiger partial charge >= 0.3 is 0 Å². The van der Waals surface area contributed by atoms with Gasteiger partial charge in [-0.2, -0.15) is 0 Å². The Bertz CT molecular complexity index is 691. The van der Waals surface area contributed by atoms with Crippen LogP contribution in [0.1, 0.15) is 24.8 Å². The lowest BCUT2D eigenvalue weighted by atomic mass is 10.2. The van der Waals surface area contributed by atoms with Gasteiger partial charge in [-0.25, -0.2) is 0 Å². The number of nitrogens with one attached hydrogen (secondary N) is 1. The van der Waals surface area contributed by atoms with Gasteiger partial charge in [-0.1, -0.05) is 18.2 Å². The highest BCUT2D eigenvalue weighted by atomic mass is 16.5. The number of ether oxygens (including phenoxy) is 1. The van der Waals surface area contributed by atoms with Gasteiger partial charge in [0, 0.05) is 32.6 Å². The number of nitrogens with zero attached hydrogens (tertiary/aromatic N) is 2. The van der Waals surface area contributed by atoms with Crippen LogP contribution in [0.3, 0.4) is 0 Å². The van der Waals surface area contributed by atoms with Crippen molar-refractivity contribution >= 4 is 17.7 Å². The van der Waals surface area contributed by atoms with Crippen molar-refractivity contribution in [3.8, 4) is 5.75 Å². The summed E-state index contributed by atoms with van der Waals surface area (Å²) < 4.78 is 5.64. The second-order valence-electron chi connectivity index (χ2n) is 6.77. The van der Waals surface area contributed by atoms with E-state index in [2.05, 4.69) is 5.32 Å². The molecule has 2 aliphatic rings. The maximum Gasteiger partial charge on any atom is 0.260 e. The number of para-hydroxylation sites is 1. The summed E-state index contributed by atoms with van der Waals surface area (Å²) in [6, 6.07) is 7.19. The van der Waals surface area contributed by atoms with Crippen molar-refractivity contribution in [1.82, 2.24) is 15.1 Å². The summed E-state index contributed by atoms with van der Waals surface area (Å²) in [7, 11) is 0. The smallest absolute Gasteiger partial charge is 0.260 e. The molecule has 0 aromatic heterocycles. The van der Waals surface area contributed by atoms with Gasteiger partial charge in [0.2, 0.25) is 11.8 Å². The molecule has 0 radical (unpaired) electrons. The van der Waals surface area contributed by atoms with Gasteiger partial charge in [-0.05, 0) is 31.4 Å². The largest absolute Gasteiger partial charge is 0.484 e. The second kappa shape index (κ2) is 8.21. The van der Waals surface area contributed by atoms with Gasteiger partial charge in [0.1, 0.15) is 11.8 Å². The topological polar surface area (TPSA) is 79.0 Å². The predicted octanol–water partition coefficient (Wildman–Crippen LogP) is 0.713. The van der Waals surface area contributed by atoms with Crippen LogP contribution in [0.4, 0.5) is 0 Å². The second-order valence-corrected chi connectivity index (χ2v) is 6.77. The molecule has 1 aromatic rings. The van der Waals surface area contributed by atoms with Crippen LogP contribution >= 0.6 is 0 Å². The Labute approximate surface area is 153 Å². The van der Waals surface area contributed by atoms with Crippen molar-refractivity contribution in [1.29, 1.82) is 0 Å². The number of carbonyl (C=O) groups excluding carboxylic acids is 3. The van der Waals surface area contributed by atoms with E-state index in [1.165, 1.54) is 0 Å². The van der Waals surface area contributed by atoms with Crippen molar-refractivity contribution < 1.29 is 19.1 Å². The number of hydrogen-bond donors (Lipinski definition) is 1. The molecule has 3 rings (SSSR count). The molecule has 1 aromatic carbocycles. The third-order valence-electron chi connectivity index (χ3n) is 4.90. The zero-order valence-electron chi connectivity index (χ0n) is 15.1. The minimum Gasteiger partial charge on any atom is -0.484 e. The molecule has 2 saturated heterocycles. The van der Waals surface area contributed by atoms with Crippen LogP contribution in [0, 0.1) is 6.92 Å². The van der Waals surface area contributed by atoms with Crippen LogP contribution in [0.2, 0.25) is 0 Å². The van der Waals surface area contributed by atoms with E-state index < -0.39 is 6.04 Å². The molecule has 2 fully saturated rings. The summed E-state index contributed by atoms with van der Waals surface area (Å²) in [6.45, 7) is 4.13. The summed E-state index contributed by atoms with van der Waals surface area (Å²) in [6.07, 6.45) is 1.69. The quantitative estimate of drug-likeness (QED) is 0.859. The Hall–Kier alpha value is -2.57. The fourth-order valence-corrected chi connectivity index (χ4v) is 3.36. The molecule has 2 heterocycles. The Balaban J connectivity index is 1.50. The highest BCUT2D eigenvalue weighted by Crippen LogP contribution is 2.16. The summed E-state index contributed by atoms with van der Waals surface area (Å²) in [4.78, 5) is 39.8. The Kier molecular flexibility index (Phi) is 5.75. The first-order valence-electron chi connectivity index (χ1n) is 9.09. The number of aryl methyl sites for hydroxylation is 1. The third-order valence-corrected chi connectivity index (χ3v) is 4.90. The molecule has 26 heavy (non-hydrogen) atoms. The standard InChI is InChI=1S/C19H25N3O4/c1-14-5-2-3-6-16(14)26-13-18(24)21-9-4-10-22(12-11-21)19(25)15-7-8-17(23)20-15/h2-3,5-6,15H,4,7-13H2,1H3,(H,20,23). The number of rotatable bonds is 4.